The molecule has 1 N–H and O–H groups in total. The van der Waals surface area contributed by atoms with Crippen molar-refractivity contribution in [3.8, 4) is 5.75 Å². The van der Waals surface area contributed by atoms with Crippen LogP contribution in [0.2, 0.25) is 5.02 Å². The lowest BCUT2D eigenvalue weighted by molar-refractivity contribution is 0.414. The van der Waals surface area contributed by atoms with Gasteiger partial charge in [-0.15, -0.1) is 0 Å². The Morgan fingerprint density at radius 3 is 2.84 bits per heavy atom. The fourth-order valence-corrected chi connectivity index (χ4v) is 2.78. The van der Waals surface area contributed by atoms with E-state index < -0.39 is 0 Å². The van der Waals surface area contributed by atoms with E-state index in [1.807, 2.05) is 12.1 Å². The van der Waals surface area contributed by atoms with Crippen molar-refractivity contribution in [1.82, 2.24) is 9.97 Å². The van der Waals surface area contributed by atoms with Crippen molar-refractivity contribution in [2.75, 3.05) is 7.11 Å². The summed E-state index contributed by atoms with van der Waals surface area (Å²) in [6.45, 7) is 1.79. The fourth-order valence-electron chi connectivity index (χ4n) is 1.54. The maximum absolute atomic E-state index is 11.3. The summed E-state index contributed by atoms with van der Waals surface area (Å²) in [5.41, 5.74) is 1.53. The first-order valence-electron chi connectivity index (χ1n) is 5.61. The first-order valence-corrected chi connectivity index (χ1v) is 6.98. The zero-order valence-corrected chi connectivity index (χ0v) is 12.1. The SMILES string of the molecule is COc1ccc(CSc2nc(C)cc(=O)[nH]2)c(Cl)c1. The molecule has 4 nitrogen and oxygen atoms in total. The molecule has 0 aliphatic carbocycles. The van der Waals surface area contributed by atoms with Crippen molar-refractivity contribution in [3.63, 3.8) is 0 Å². The Balaban J connectivity index is 2.12. The highest BCUT2D eigenvalue weighted by Gasteiger charge is 2.05. The molecule has 0 atom stereocenters. The molecule has 2 aromatic rings. The summed E-state index contributed by atoms with van der Waals surface area (Å²) in [5.74, 6) is 1.36. The van der Waals surface area contributed by atoms with Gasteiger partial charge in [-0.2, -0.15) is 0 Å². The van der Waals surface area contributed by atoms with Gasteiger partial charge >= 0.3 is 0 Å². The molecule has 6 heteroatoms. The van der Waals surface area contributed by atoms with Crippen LogP contribution >= 0.6 is 23.4 Å². The Bertz CT molecular complexity index is 643. The molecule has 100 valence electrons. The molecule has 1 aromatic carbocycles. The van der Waals surface area contributed by atoms with Crippen LogP contribution in [-0.2, 0) is 5.75 Å². The zero-order chi connectivity index (χ0) is 13.8. The second-order valence-electron chi connectivity index (χ2n) is 3.94. The van der Waals surface area contributed by atoms with Crippen LogP contribution < -0.4 is 10.3 Å². The summed E-state index contributed by atoms with van der Waals surface area (Å²) >= 11 is 7.59. The Hall–Kier alpha value is -1.46. The molecule has 0 bridgehead atoms. The third-order valence-electron chi connectivity index (χ3n) is 2.47. The van der Waals surface area contributed by atoms with Gasteiger partial charge < -0.3 is 9.72 Å². The number of aromatic amines is 1. The molecule has 0 amide bonds. The molecule has 0 aliphatic rings. The number of nitrogens with zero attached hydrogens (tertiary/aromatic N) is 1. The van der Waals surface area contributed by atoms with Crippen molar-refractivity contribution in [2.24, 2.45) is 0 Å². The predicted molar refractivity (Wildman–Crippen MR) is 77.2 cm³/mol. The molecular formula is C13H13ClN2O2S. The number of methoxy groups -OCH3 is 1. The second-order valence-corrected chi connectivity index (χ2v) is 5.31. The van der Waals surface area contributed by atoms with Crippen LogP contribution in [0.15, 0.2) is 34.2 Å². The zero-order valence-electron chi connectivity index (χ0n) is 10.6. The average Bonchev–Trinajstić information content (AvgIpc) is 2.36. The number of H-pyrrole nitrogens is 1. The highest BCUT2D eigenvalue weighted by Crippen LogP contribution is 2.27. The number of ether oxygens (including phenoxy) is 1. The lowest BCUT2D eigenvalue weighted by atomic mass is 10.2. The van der Waals surface area contributed by atoms with Gasteiger partial charge in [0.1, 0.15) is 5.75 Å². The van der Waals surface area contributed by atoms with E-state index >= 15 is 0 Å². The molecule has 0 saturated heterocycles. The van der Waals surface area contributed by atoms with Crippen LogP contribution in [0.3, 0.4) is 0 Å². The summed E-state index contributed by atoms with van der Waals surface area (Å²) in [7, 11) is 1.60. The molecular weight excluding hydrogens is 284 g/mol. The average molecular weight is 297 g/mol. The van der Waals surface area contributed by atoms with E-state index in [2.05, 4.69) is 9.97 Å². The van der Waals surface area contributed by atoms with Crippen molar-refractivity contribution in [2.45, 2.75) is 17.8 Å². The first-order chi connectivity index (χ1) is 9.08. The molecule has 1 aromatic heterocycles. The van der Waals surface area contributed by atoms with Gasteiger partial charge in [-0.25, -0.2) is 4.98 Å². The van der Waals surface area contributed by atoms with E-state index in [4.69, 9.17) is 16.3 Å². The van der Waals surface area contributed by atoms with Crippen LogP contribution in [0.4, 0.5) is 0 Å². The van der Waals surface area contributed by atoms with Crippen molar-refractivity contribution in [1.29, 1.82) is 0 Å². The monoisotopic (exact) mass is 296 g/mol. The van der Waals surface area contributed by atoms with E-state index in [0.29, 0.717) is 21.6 Å². The normalized spacial score (nSPS) is 10.5. The molecule has 0 aliphatic heterocycles. The van der Waals surface area contributed by atoms with Crippen LogP contribution in [0.25, 0.3) is 0 Å². The minimum Gasteiger partial charge on any atom is -0.497 e. The highest BCUT2D eigenvalue weighted by molar-refractivity contribution is 7.98. The molecule has 1 heterocycles. The maximum atomic E-state index is 11.3. The molecule has 0 spiro atoms. The van der Waals surface area contributed by atoms with Crippen LogP contribution in [0, 0.1) is 6.92 Å². The number of hydrogen-bond acceptors (Lipinski definition) is 4. The maximum Gasteiger partial charge on any atom is 0.251 e. The number of nitrogens with one attached hydrogen (secondary N) is 1. The Morgan fingerprint density at radius 2 is 2.21 bits per heavy atom. The first kappa shape index (κ1) is 14.0. The lowest BCUT2D eigenvalue weighted by Gasteiger charge is -2.06. The van der Waals surface area contributed by atoms with E-state index in [9.17, 15) is 4.79 Å². The lowest BCUT2D eigenvalue weighted by Crippen LogP contribution is -2.08. The minimum absolute atomic E-state index is 0.143. The highest BCUT2D eigenvalue weighted by atomic mass is 35.5. The topological polar surface area (TPSA) is 55.0 Å². The third-order valence-corrected chi connectivity index (χ3v) is 3.75. The summed E-state index contributed by atoms with van der Waals surface area (Å²) < 4.78 is 5.09. The van der Waals surface area contributed by atoms with Gasteiger partial charge in [0.2, 0.25) is 0 Å². The van der Waals surface area contributed by atoms with Crippen LogP contribution in [0.1, 0.15) is 11.3 Å². The molecule has 0 radical (unpaired) electrons. The minimum atomic E-state index is -0.143. The van der Waals surface area contributed by atoms with Gasteiger partial charge in [-0.3, -0.25) is 4.79 Å². The molecule has 0 fully saturated rings. The van der Waals surface area contributed by atoms with Crippen LogP contribution in [-0.4, -0.2) is 17.1 Å². The van der Waals surface area contributed by atoms with Gasteiger partial charge in [0.15, 0.2) is 5.16 Å². The summed E-state index contributed by atoms with van der Waals surface area (Å²) in [6.07, 6.45) is 0. The number of hydrogen-bond donors (Lipinski definition) is 1. The predicted octanol–water partition coefficient (Wildman–Crippen LogP) is 3.03. The second kappa shape index (κ2) is 6.12. The number of thioether (sulfide) groups is 1. The molecule has 0 saturated carbocycles. The molecule has 2 rings (SSSR count). The van der Waals surface area contributed by atoms with Gasteiger partial charge in [-0.05, 0) is 24.6 Å². The number of aryl methyl sites for hydroxylation is 1. The van der Waals surface area contributed by atoms with E-state index in [1.54, 1.807) is 20.1 Å². The quantitative estimate of drug-likeness (QED) is 0.696. The number of halogens is 1. The Kier molecular flexibility index (Phi) is 4.50. The number of benzene rings is 1. The number of aromatic nitrogens is 2. The van der Waals surface area contributed by atoms with E-state index in [-0.39, 0.29) is 5.56 Å². The third kappa shape index (κ3) is 3.75. The van der Waals surface area contributed by atoms with Gasteiger partial charge in [0.05, 0.1) is 7.11 Å². The Morgan fingerprint density at radius 1 is 1.42 bits per heavy atom. The van der Waals surface area contributed by atoms with Crippen molar-refractivity contribution < 1.29 is 4.74 Å². The van der Waals surface area contributed by atoms with Gasteiger partial charge in [-0.1, -0.05) is 29.4 Å². The summed E-state index contributed by atoms with van der Waals surface area (Å²) in [4.78, 5) is 18.3. The number of rotatable bonds is 4. The van der Waals surface area contributed by atoms with Crippen molar-refractivity contribution >= 4 is 23.4 Å². The molecule has 0 unspecified atom stereocenters. The largest absolute Gasteiger partial charge is 0.497 e. The standard InChI is InChI=1S/C13H13ClN2O2S/c1-8-5-12(17)16-13(15-8)19-7-9-3-4-10(18-2)6-11(9)14/h3-6H,7H2,1-2H3,(H,15,16,17). The molecule has 19 heavy (non-hydrogen) atoms. The fraction of sp³-hybridized carbons (Fsp3) is 0.231. The van der Waals surface area contributed by atoms with Gasteiger partial charge in [0, 0.05) is 22.5 Å². The Labute approximate surface area is 120 Å². The van der Waals surface area contributed by atoms with E-state index in [1.165, 1.54) is 17.8 Å². The van der Waals surface area contributed by atoms with Crippen molar-refractivity contribution in [3.05, 3.63) is 50.9 Å². The smallest absolute Gasteiger partial charge is 0.251 e. The van der Waals surface area contributed by atoms with Crippen LogP contribution in [0.5, 0.6) is 5.75 Å². The summed E-state index contributed by atoms with van der Waals surface area (Å²) in [5, 5.41) is 1.23. The van der Waals surface area contributed by atoms with Gasteiger partial charge in [0.25, 0.3) is 5.56 Å². The van der Waals surface area contributed by atoms with E-state index in [0.717, 1.165) is 11.3 Å². The summed E-state index contributed by atoms with van der Waals surface area (Å²) in [6, 6.07) is 6.99.